The van der Waals surface area contributed by atoms with Gasteiger partial charge in [0, 0.05) is 29.6 Å². The second-order valence-electron chi connectivity index (χ2n) is 8.60. The average molecular weight is 537 g/mol. The van der Waals surface area contributed by atoms with Crippen LogP contribution in [0.2, 0.25) is 0 Å². The van der Waals surface area contributed by atoms with Crippen molar-refractivity contribution in [3.63, 3.8) is 0 Å². The zero-order valence-corrected chi connectivity index (χ0v) is 20.3. The lowest BCUT2D eigenvalue weighted by molar-refractivity contribution is -0.189. The van der Waals surface area contributed by atoms with Crippen LogP contribution >= 0.6 is 0 Å². The van der Waals surface area contributed by atoms with Crippen LogP contribution in [-0.2, 0) is 17.9 Å². The van der Waals surface area contributed by atoms with Gasteiger partial charge in [0.25, 0.3) is 5.91 Å². The van der Waals surface area contributed by atoms with E-state index in [1.54, 1.807) is 59.2 Å². The number of nitrogens with zero attached hydrogens (tertiary/aromatic N) is 1. The molecular weight excluding hydrogens is 513 g/mol. The minimum absolute atomic E-state index is 0.0917. The number of amidine groups is 2. The van der Waals surface area contributed by atoms with Gasteiger partial charge in [-0.05, 0) is 35.4 Å². The third-order valence-electron chi connectivity index (χ3n) is 5.87. The number of fused-ring (bicyclic) bond motifs is 1. The zero-order chi connectivity index (χ0) is 28.3. The molecule has 12 heteroatoms. The number of carbonyl (C=O) groups is 2. The lowest BCUT2D eigenvalue weighted by atomic mass is 10.1. The highest BCUT2D eigenvalue weighted by Gasteiger charge is 2.41. The number of nitrogens with two attached hydrogens (primary N) is 2. The van der Waals surface area contributed by atoms with Crippen LogP contribution in [0.15, 0.2) is 72.8 Å². The fraction of sp³-hybridized carbons (Fsp3) is 0.111. The number of benzene rings is 3. The molecule has 7 N–H and O–H groups in total. The second-order valence-corrected chi connectivity index (χ2v) is 8.60. The Kier molecular flexibility index (Phi) is 7.38. The topological polar surface area (TPSA) is 160 Å². The van der Waals surface area contributed by atoms with E-state index in [0.717, 1.165) is 5.56 Å². The molecule has 200 valence electrons. The molecule has 0 spiro atoms. The molecule has 1 aromatic heterocycles. The molecule has 0 unspecified atom stereocenters. The van der Waals surface area contributed by atoms with Crippen molar-refractivity contribution in [3.05, 3.63) is 101 Å². The third kappa shape index (κ3) is 6.06. The minimum Gasteiger partial charge on any atom is -0.419 e. The summed E-state index contributed by atoms with van der Waals surface area (Å²) in [5, 5.41) is 18.1. The van der Waals surface area contributed by atoms with Crippen LogP contribution in [0.4, 0.5) is 13.2 Å². The highest BCUT2D eigenvalue weighted by molar-refractivity contribution is 6.01. The van der Waals surface area contributed by atoms with Crippen molar-refractivity contribution in [2.75, 3.05) is 0 Å². The normalized spacial score (nSPS) is 11.3. The SMILES string of the molecule is N=C(N)c1ccc(CNC(=O)c2cc3c(OC(=O)C(F)(F)F)cccc3n2Cc2cccc(C(=N)N)c2)cc1. The maximum atomic E-state index is 13.3. The van der Waals surface area contributed by atoms with Gasteiger partial charge in [-0.25, -0.2) is 4.79 Å². The number of esters is 1. The molecule has 0 aliphatic rings. The van der Waals surface area contributed by atoms with Crippen LogP contribution in [0.5, 0.6) is 5.75 Å². The van der Waals surface area contributed by atoms with Crippen LogP contribution in [0.1, 0.15) is 32.7 Å². The van der Waals surface area contributed by atoms with Gasteiger partial charge in [-0.3, -0.25) is 15.6 Å². The van der Waals surface area contributed by atoms with Crippen molar-refractivity contribution < 1.29 is 27.5 Å². The standard InChI is InChI=1S/C27H23F3N6O3/c28-27(29,30)26(38)39-22-6-2-5-20-19(22)12-21(36(20)14-16-3-1-4-18(11-16)24(33)34)25(37)35-13-15-7-9-17(10-8-15)23(31)32/h1-12H,13-14H2,(H3,31,32)(H3,33,34)(H,35,37). The molecule has 0 radical (unpaired) electrons. The smallest absolute Gasteiger partial charge is 0.419 e. The van der Waals surface area contributed by atoms with E-state index in [1.807, 2.05) is 0 Å². The van der Waals surface area contributed by atoms with Gasteiger partial charge in [0.15, 0.2) is 0 Å². The Balaban J connectivity index is 1.72. The Morgan fingerprint density at radius 3 is 2.18 bits per heavy atom. The van der Waals surface area contributed by atoms with Crippen molar-refractivity contribution in [3.8, 4) is 5.75 Å². The number of rotatable bonds is 8. The van der Waals surface area contributed by atoms with Gasteiger partial charge < -0.3 is 26.1 Å². The van der Waals surface area contributed by atoms with Crippen molar-refractivity contribution in [2.45, 2.75) is 19.3 Å². The number of alkyl halides is 3. The Morgan fingerprint density at radius 1 is 0.872 bits per heavy atom. The van der Waals surface area contributed by atoms with Gasteiger partial charge in [0.2, 0.25) is 0 Å². The number of hydrogen-bond acceptors (Lipinski definition) is 5. The predicted octanol–water partition coefficient (Wildman–Crippen LogP) is 3.66. The van der Waals surface area contributed by atoms with E-state index in [1.165, 1.54) is 18.2 Å². The van der Waals surface area contributed by atoms with Gasteiger partial charge in [-0.15, -0.1) is 0 Å². The first-order valence-electron chi connectivity index (χ1n) is 11.5. The van der Waals surface area contributed by atoms with Crippen molar-refractivity contribution in [1.82, 2.24) is 9.88 Å². The molecule has 0 aliphatic heterocycles. The summed E-state index contributed by atoms with van der Waals surface area (Å²) in [4.78, 5) is 24.8. The number of carbonyl (C=O) groups excluding carboxylic acids is 2. The largest absolute Gasteiger partial charge is 0.491 e. The quantitative estimate of drug-likeness (QED) is 0.100. The predicted molar refractivity (Wildman–Crippen MR) is 139 cm³/mol. The summed E-state index contributed by atoms with van der Waals surface area (Å²) in [6, 6.07) is 19.0. The summed E-state index contributed by atoms with van der Waals surface area (Å²) in [6.45, 7) is 0.228. The maximum absolute atomic E-state index is 13.3. The second kappa shape index (κ2) is 10.7. The van der Waals surface area contributed by atoms with E-state index in [9.17, 15) is 22.8 Å². The molecule has 4 aromatic rings. The number of halogens is 3. The van der Waals surface area contributed by atoms with Crippen LogP contribution in [0.25, 0.3) is 10.9 Å². The van der Waals surface area contributed by atoms with Crippen molar-refractivity contribution >= 4 is 34.5 Å². The fourth-order valence-corrected chi connectivity index (χ4v) is 3.96. The number of amides is 1. The van der Waals surface area contributed by atoms with Crippen LogP contribution in [0.3, 0.4) is 0 Å². The Bertz CT molecular complexity index is 1590. The molecule has 1 amide bonds. The highest BCUT2D eigenvalue weighted by Crippen LogP contribution is 2.31. The highest BCUT2D eigenvalue weighted by atomic mass is 19.4. The Labute approximate surface area is 220 Å². The van der Waals surface area contributed by atoms with E-state index in [-0.39, 0.29) is 41.6 Å². The number of ether oxygens (including phenoxy) is 1. The summed E-state index contributed by atoms with van der Waals surface area (Å²) in [5.74, 6) is -3.50. The first-order chi connectivity index (χ1) is 18.4. The van der Waals surface area contributed by atoms with Gasteiger partial charge in [0.05, 0.1) is 5.52 Å². The molecule has 0 saturated carbocycles. The number of nitrogen functional groups attached to an aromatic ring is 2. The molecule has 0 aliphatic carbocycles. The van der Waals surface area contributed by atoms with Gasteiger partial charge in [-0.2, -0.15) is 13.2 Å². The van der Waals surface area contributed by atoms with E-state index in [2.05, 4.69) is 10.1 Å². The minimum atomic E-state index is -5.20. The number of hydrogen-bond donors (Lipinski definition) is 5. The van der Waals surface area contributed by atoms with E-state index in [4.69, 9.17) is 22.3 Å². The van der Waals surface area contributed by atoms with Gasteiger partial charge >= 0.3 is 12.1 Å². The summed E-state index contributed by atoms with van der Waals surface area (Å²) >= 11 is 0. The molecular formula is C27H23F3N6O3. The molecule has 0 bridgehead atoms. The van der Waals surface area contributed by atoms with Crippen molar-refractivity contribution in [1.29, 1.82) is 10.8 Å². The summed E-state index contributed by atoms with van der Waals surface area (Å²) in [6.07, 6.45) is -5.20. The van der Waals surface area contributed by atoms with Crippen LogP contribution in [0, 0.1) is 10.8 Å². The molecule has 4 rings (SSSR count). The fourth-order valence-electron chi connectivity index (χ4n) is 3.96. The van der Waals surface area contributed by atoms with E-state index >= 15 is 0 Å². The molecule has 0 atom stereocenters. The Morgan fingerprint density at radius 2 is 1.54 bits per heavy atom. The Hall–Kier alpha value is -5.13. The number of aromatic nitrogens is 1. The van der Waals surface area contributed by atoms with Gasteiger partial charge in [0.1, 0.15) is 23.1 Å². The van der Waals surface area contributed by atoms with E-state index in [0.29, 0.717) is 22.2 Å². The average Bonchev–Trinajstić information content (AvgIpc) is 3.26. The van der Waals surface area contributed by atoms with Crippen LogP contribution < -0.4 is 21.5 Å². The lowest BCUT2D eigenvalue weighted by Gasteiger charge is -2.13. The van der Waals surface area contributed by atoms with E-state index < -0.39 is 18.1 Å². The lowest BCUT2D eigenvalue weighted by Crippen LogP contribution is -2.28. The first-order valence-corrected chi connectivity index (χ1v) is 11.5. The molecule has 0 fully saturated rings. The summed E-state index contributed by atoms with van der Waals surface area (Å²) in [7, 11) is 0. The monoisotopic (exact) mass is 536 g/mol. The van der Waals surface area contributed by atoms with Crippen LogP contribution in [-0.4, -0.2) is 34.3 Å². The first kappa shape index (κ1) is 26.9. The molecule has 9 nitrogen and oxygen atoms in total. The summed E-state index contributed by atoms with van der Waals surface area (Å²) in [5.41, 5.74) is 13.9. The molecule has 1 heterocycles. The molecule has 3 aromatic carbocycles. The molecule has 39 heavy (non-hydrogen) atoms. The summed E-state index contributed by atoms with van der Waals surface area (Å²) < 4.78 is 44.8. The zero-order valence-electron chi connectivity index (χ0n) is 20.3. The van der Waals surface area contributed by atoms with Gasteiger partial charge in [-0.1, -0.05) is 48.5 Å². The van der Waals surface area contributed by atoms with Crippen molar-refractivity contribution in [2.24, 2.45) is 11.5 Å². The number of nitrogens with one attached hydrogen (secondary N) is 3. The maximum Gasteiger partial charge on any atom is 0.491 e. The third-order valence-corrected chi connectivity index (χ3v) is 5.87. The molecule has 0 saturated heterocycles.